The van der Waals surface area contributed by atoms with Crippen molar-refractivity contribution in [2.45, 2.75) is 18.9 Å². The van der Waals surface area contributed by atoms with Crippen LogP contribution in [0.2, 0.25) is 0 Å². The molecule has 15 heavy (non-hydrogen) atoms. The van der Waals surface area contributed by atoms with Crippen molar-refractivity contribution in [1.29, 1.82) is 0 Å². The largest absolute Gasteiger partial charge is 0.376 e. The third-order valence-electron chi connectivity index (χ3n) is 2.43. The summed E-state index contributed by atoms with van der Waals surface area (Å²) >= 11 is 1.19. The second-order valence-corrected chi connectivity index (χ2v) is 4.22. The minimum atomic E-state index is -0.0840. The van der Waals surface area contributed by atoms with Gasteiger partial charge in [0.15, 0.2) is 5.69 Å². The molecule has 1 aliphatic heterocycles. The molecule has 0 radical (unpaired) electrons. The SMILES string of the molecule is CN(CC1CCCO1)C(=O)c1csnn1. The summed E-state index contributed by atoms with van der Waals surface area (Å²) in [5, 5.41) is 5.41. The van der Waals surface area contributed by atoms with Gasteiger partial charge in [0.1, 0.15) is 0 Å². The van der Waals surface area contributed by atoms with E-state index in [0.717, 1.165) is 19.4 Å². The highest BCUT2D eigenvalue weighted by molar-refractivity contribution is 7.03. The van der Waals surface area contributed by atoms with E-state index in [-0.39, 0.29) is 12.0 Å². The van der Waals surface area contributed by atoms with Gasteiger partial charge in [-0.15, -0.1) is 5.10 Å². The van der Waals surface area contributed by atoms with Crippen LogP contribution in [0.3, 0.4) is 0 Å². The fraction of sp³-hybridized carbons (Fsp3) is 0.667. The van der Waals surface area contributed by atoms with Crippen LogP contribution in [0.25, 0.3) is 0 Å². The van der Waals surface area contributed by atoms with Gasteiger partial charge in [0, 0.05) is 25.6 Å². The molecule has 0 bridgehead atoms. The maximum Gasteiger partial charge on any atom is 0.275 e. The summed E-state index contributed by atoms with van der Waals surface area (Å²) in [6, 6.07) is 0. The van der Waals surface area contributed by atoms with Gasteiger partial charge in [-0.3, -0.25) is 4.79 Å². The molecular formula is C9H13N3O2S. The number of likely N-dealkylation sites (N-methyl/N-ethyl adjacent to an activating group) is 1. The van der Waals surface area contributed by atoms with E-state index in [2.05, 4.69) is 9.59 Å². The highest BCUT2D eigenvalue weighted by atomic mass is 32.1. The smallest absolute Gasteiger partial charge is 0.275 e. The lowest BCUT2D eigenvalue weighted by Gasteiger charge is -2.19. The lowest BCUT2D eigenvalue weighted by molar-refractivity contribution is 0.0583. The van der Waals surface area contributed by atoms with E-state index >= 15 is 0 Å². The molecule has 82 valence electrons. The number of hydrogen-bond donors (Lipinski definition) is 0. The Hall–Kier alpha value is -1.01. The molecule has 1 aromatic rings. The third kappa shape index (κ3) is 2.51. The first kappa shape index (κ1) is 10.5. The lowest BCUT2D eigenvalue weighted by atomic mass is 10.2. The molecule has 1 atom stereocenters. The lowest BCUT2D eigenvalue weighted by Crippen LogP contribution is -2.34. The highest BCUT2D eigenvalue weighted by Gasteiger charge is 2.21. The van der Waals surface area contributed by atoms with Crippen LogP contribution in [0, 0.1) is 0 Å². The predicted octanol–water partition coefficient (Wildman–Crippen LogP) is 0.789. The molecule has 1 unspecified atom stereocenters. The molecule has 2 heterocycles. The van der Waals surface area contributed by atoms with Gasteiger partial charge in [-0.05, 0) is 24.4 Å². The Balaban J connectivity index is 1.90. The van der Waals surface area contributed by atoms with Crippen LogP contribution in [0.4, 0.5) is 0 Å². The quantitative estimate of drug-likeness (QED) is 0.766. The van der Waals surface area contributed by atoms with Crippen LogP contribution in [-0.2, 0) is 4.74 Å². The van der Waals surface area contributed by atoms with Gasteiger partial charge in [-0.25, -0.2) is 0 Å². The maximum absolute atomic E-state index is 11.8. The van der Waals surface area contributed by atoms with Crippen molar-refractivity contribution in [3.05, 3.63) is 11.1 Å². The Kier molecular flexibility index (Phi) is 3.27. The minimum Gasteiger partial charge on any atom is -0.376 e. The van der Waals surface area contributed by atoms with Gasteiger partial charge in [-0.2, -0.15) is 0 Å². The zero-order valence-corrected chi connectivity index (χ0v) is 9.37. The van der Waals surface area contributed by atoms with E-state index in [1.165, 1.54) is 11.5 Å². The molecule has 0 saturated carbocycles. The van der Waals surface area contributed by atoms with E-state index in [4.69, 9.17) is 4.74 Å². The van der Waals surface area contributed by atoms with Crippen LogP contribution in [0.15, 0.2) is 5.38 Å². The van der Waals surface area contributed by atoms with Crippen molar-refractivity contribution < 1.29 is 9.53 Å². The van der Waals surface area contributed by atoms with Crippen molar-refractivity contribution in [3.8, 4) is 0 Å². The highest BCUT2D eigenvalue weighted by Crippen LogP contribution is 2.13. The summed E-state index contributed by atoms with van der Waals surface area (Å²) in [4.78, 5) is 13.4. The summed E-state index contributed by atoms with van der Waals surface area (Å²) in [5.74, 6) is -0.0840. The summed E-state index contributed by atoms with van der Waals surface area (Å²) in [6.07, 6.45) is 2.31. The van der Waals surface area contributed by atoms with Crippen LogP contribution in [0.1, 0.15) is 23.3 Å². The van der Waals surface area contributed by atoms with Gasteiger partial charge in [0.25, 0.3) is 5.91 Å². The first-order valence-electron chi connectivity index (χ1n) is 4.91. The van der Waals surface area contributed by atoms with Crippen molar-refractivity contribution >= 4 is 17.4 Å². The monoisotopic (exact) mass is 227 g/mol. The second-order valence-electron chi connectivity index (χ2n) is 3.61. The normalized spacial score (nSPS) is 20.5. The zero-order valence-electron chi connectivity index (χ0n) is 8.55. The number of ether oxygens (including phenoxy) is 1. The summed E-state index contributed by atoms with van der Waals surface area (Å²) in [5.41, 5.74) is 0.417. The molecule has 2 rings (SSSR count). The Labute approximate surface area is 92.2 Å². The predicted molar refractivity (Wildman–Crippen MR) is 55.8 cm³/mol. The van der Waals surface area contributed by atoms with Crippen LogP contribution >= 0.6 is 11.5 Å². The van der Waals surface area contributed by atoms with Crippen molar-refractivity contribution in [2.24, 2.45) is 0 Å². The third-order valence-corrected chi connectivity index (χ3v) is 2.93. The average molecular weight is 227 g/mol. The first-order chi connectivity index (χ1) is 7.27. The Morgan fingerprint density at radius 3 is 3.27 bits per heavy atom. The van der Waals surface area contributed by atoms with Crippen LogP contribution in [0.5, 0.6) is 0 Å². The zero-order chi connectivity index (χ0) is 10.7. The Bertz CT molecular complexity index is 322. The van der Waals surface area contributed by atoms with Gasteiger partial charge in [-0.1, -0.05) is 4.49 Å². The average Bonchev–Trinajstić information content (AvgIpc) is 2.88. The topological polar surface area (TPSA) is 55.3 Å². The van der Waals surface area contributed by atoms with Gasteiger partial charge in [0.2, 0.25) is 0 Å². The van der Waals surface area contributed by atoms with Crippen LogP contribution in [-0.4, -0.2) is 46.7 Å². The van der Waals surface area contributed by atoms with E-state index in [0.29, 0.717) is 12.2 Å². The molecule has 6 heteroatoms. The second kappa shape index (κ2) is 4.67. The van der Waals surface area contributed by atoms with Crippen molar-refractivity contribution in [2.75, 3.05) is 20.2 Å². The first-order valence-corrected chi connectivity index (χ1v) is 5.75. The number of rotatable bonds is 3. The molecule has 0 N–H and O–H groups in total. The van der Waals surface area contributed by atoms with Gasteiger partial charge >= 0.3 is 0 Å². The molecule has 1 aliphatic rings. The van der Waals surface area contributed by atoms with E-state index in [1.54, 1.807) is 17.3 Å². The molecule has 1 aromatic heterocycles. The Morgan fingerprint density at radius 2 is 2.67 bits per heavy atom. The summed E-state index contributed by atoms with van der Waals surface area (Å²) in [7, 11) is 1.77. The molecule has 0 spiro atoms. The van der Waals surface area contributed by atoms with Crippen molar-refractivity contribution in [1.82, 2.24) is 14.5 Å². The molecular weight excluding hydrogens is 214 g/mol. The fourth-order valence-electron chi connectivity index (χ4n) is 1.63. The molecule has 1 saturated heterocycles. The van der Waals surface area contributed by atoms with Crippen molar-refractivity contribution in [3.63, 3.8) is 0 Å². The van der Waals surface area contributed by atoms with E-state index in [9.17, 15) is 4.79 Å². The maximum atomic E-state index is 11.8. The molecule has 5 nitrogen and oxygen atoms in total. The molecule has 0 aliphatic carbocycles. The van der Waals surface area contributed by atoms with Gasteiger partial charge < -0.3 is 9.64 Å². The number of carbonyl (C=O) groups excluding carboxylic acids is 1. The van der Waals surface area contributed by atoms with Gasteiger partial charge in [0.05, 0.1) is 6.10 Å². The molecule has 1 amide bonds. The fourth-order valence-corrected chi connectivity index (χ4v) is 2.06. The van der Waals surface area contributed by atoms with E-state index in [1.807, 2.05) is 0 Å². The standard InChI is InChI=1S/C9H13N3O2S/c1-12(5-7-3-2-4-14-7)9(13)8-6-15-11-10-8/h6-7H,2-5H2,1H3. The molecule has 1 fully saturated rings. The Morgan fingerprint density at radius 1 is 1.80 bits per heavy atom. The number of aromatic nitrogens is 2. The number of hydrogen-bond acceptors (Lipinski definition) is 5. The van der Waals surface area contributed by atoms with Crippen LogP contribution < -0.4 is 0 Å². The minimum absolute atomic E-state index is 0.0840. The summed E-state index contributed by atoms with van der Waals surface area (Å²) < 4.78 is 9.13. The summed E-state index contributed by atoms with van der Waals surface area (Å²) in [6.45, 7) is 1.45. The number of carbonyl (C=O) groups is 1. The number of nitrogens with zero attached hydrogens (tertiary/aromatic N) is 3. The van der Waals surface area contributed by atoms with E-state index < -0.39 is 0 Å². The number of amides is 1. The molecule has 0 aromatic carbocycles.